The number of hydrogen-bond acceptors (Lipinski definition) is 2. The predicted molar refractivity (Wildman–Crippen MR) is 73.3 cm³/mol. The van der Waals surface area contributed by atoms with Gasteiger partial charge in [0, 0.05) is 10.6 Å². The summed E-state index contributed by atoms with van der Waals surface area (Å²) in [4.78, 5) is 0. The molecule has 0 amide bonds. The standard InChI is InChI=1S/C13H13OPS/c1-16-15(14,12-8-4-2-5-9-12)13-10-6-3-7-11-13/h2-11H,1H3. The highest BCUT2D eigenvalue weighted by Crippen LogP contribution is 2.54. The highest BCUT2D eigenvalue weighted by molar-refractivity contribution is 8.62. The molecule has 2 aromatic carbocycles. The third-order valence-electron chi connectivity index (χ3n) is 2.45. The molecule has 0 unspecified atom stereocenters. The summed E-state index contributed by atoms with van der Waals surface area (Å²) in [5, 5.41) is 1.82. The van der Waals surface area contributed by atoms with Crippen LogP contribution in [0.25, 0.3) is 0 Å². The molecule has 0 spiro atoms. The van der Waals surface area contributed by atoms with E-state index in [2.05, 4.69) is 0 Å². The topological polar surface area (TPSA) is 17.1 Å². The van der Waals surface area contributed by atoms with E-state index in [-0.39, 0.29) is 0 Å². The molecule has 0 saturated carbocycles. The van der Waals surface area contributed by atoms with Gasteiger partial charge < -0.3 is 4.57 Å². The van der Waals surface area contributed by atoms with E-state index < -0.39 is 6.34 Å². The van der Waals surface area contributed by atoms with Crippen molar-refractivity contribution in [2.75, 3.05) is 6.26 Å². The Morgan fingerprint density at radius 2 is 1.19 bits per heavy atom. The summed E-state index contributed by atoms with van der Waals surface area (Å²) in [6.45, 7) is 0. The van der Waals surface area contributed by atoms with E-state index in [1.165, 1.54) is 11.4 Å². The van der Waals surface area contributed by atoms with Gasteiger partial charge in [0.1, 0.15) is 0 Å². The Bertz CT molecular complexity index is 452. The fourth-order valence-electron chi connectivity index (χ4n) is 1.61. The first kappa shape index (κ1) is 11.5. The Kier molecular flexibility index (Phi) is 3.52. The summed E-state index contributed by atoms with van der Waals surface area (Å²) in [6, 6.07) is 19.4. The summed E-state index contributed by atoms with van der Waals surface area (Å²) in [7, 11) is 0. The Hall–Kier alpha value is -0.980. The van der Waals surface area contributed by atoms with Gasteiger partial charge in [-0.15, -0.1) is 0 Å². The highest BCUT2D eigenvalue weighted by atomic mass is 32.7. The average Bonchev–Trinajstić information content (AvgIpc) is 2.40. The van der Waals surface area contributed by atoms with Crippen LogP contribution in [-0.2, 0) is 4.57 Å². The first-order valence-corrected chi connectivity index (χ1v) is 8.58. The van der Waals surface area contributed by atoms with Crippen molar-refractivity contribution in [2.24, 2.45) is 0 Å². The molecule has 0 N–H and O–H groups in total. The molecule has 3 heteroatoms. The predicted octanol–water partition coefficient (Wildman–Crippen LogP) is 3.28. The molecule has 16 heavy (non-hydrogen) atoms. The van der Waals surface area contributed by atoms with Crippen LogP contribution in [0.3, 0.4) is 0 Å². The molecule has 0 bridgehead atoms. The van der Waals surface area contributed by atoms with Crippen LogP contribution in [0.15, 0.2) is 60.7 Å². The number of benzene rings is 2. The van der Waals surface area contributed by atoms with Gasteiger partial charge in [-0.2, -0.15) is 0 Å². The largest absolute Gasteiger partial charge is 0.302 e. The molecule has 0 radical (unpaired) electrons. The first-order chi connectivity index (χ1) is 7.77. The van der Waals surface area contributed by atoms with Gasteiger partial charge in [0.15, 0.2) is 6.34 Å². The van der Waals surface area contributed by atoms with Crippen LogP contribution in [0.1, 0.15) is 0 Å². The van der Waals surface area contributed by atoms with E-state index in [0.717, 1.165) is 10.6 Å². The Morgan fingerprint density at radius 1 is 0.812 bits per heavy atom. The fourth-order valence-corrected chi connectivity index (χ4v) is 5.45. The van der Waals surface area contributed by atoms with E-state index in [1.807, 2.05) is 66.9 Å². The lowest BCUT2D eigenvalue weighted by molar-refractivity contribution is 0.595. The van der Waals surface area contributed by atoms with Crippen LogP contribution in [0.5, 0.6) is 0 Å². The molecule has 0 aliphatic rings. The Morgan fingerprint density at radius 3 is 1.50 bits per heavy atom. The maximum absolute atomic E-state index is 12.9. The van der Waals surface area contributed by atoms with Crippen molar-refractivity contribution in [1.82, 2.24) is 0 Å². The van der Waals surface area contributed by atoms with Crippen molar-refractivity contribution in [3.8, 4) is 0 Å². The van der Waals surface area contributed by atoms with Gasteiger partial charge in [0.25, 0.3) is 0 Å². The van der Waals surface area contributed by atoms with Gasteiger partial charge >= 0.3 is 0 Å². The Labute approximate surface area is 100 Å². The van der Waals surface area contributed by atoms with Gasteiger partial charge in [-0.3, -0.25) is 0 Å². The smallest absolute Gasteiger partial charge is 0.194 e. The molecular formula is C13H13OPS. The molecule has 1 nitrogen and oxygen atoms in total. The molecule has 0 heterocycles. The molecule has 2 aromatic rings. The van der Waals surface area contributed by atoms with Crippen molar-refractivity contribution in [3.05, 3.63) is 60.7 Å². The van der Waals surface area contributed by atoms with E-state index in [0.29, 0.717) is 0 Å². The van der Waals surface area contributed by atoms with Crippen LogP contribution < -0.4 is 10.6 Å². The monoisotopic (exact) mass is 248 g/mol. The minimum atomic E-state index is -2.49. The van der Waals surface area contributed by atoms with E-state index >= 15 is 0 Å². The second-order valence-corrected chi connectivity index (χ2v) is 8.54. The first-order valence-electron chi connectivity index (χ1n) is 5.04. The van der Waals surface area contributed by atoms with E-state index in [4.69, 9.17) is 0 Å². The fraction of sp³-hybridized carbons (Fsp3) is 0.0769. The van der Waals surface area contributed by atoms with Gasteiger partial charge in [-0.05, 0) is 6.26 Å². The molecule has 2 rings (SSSR count). The van der Waals surface area contributed by atoms with Crippen LogP contribution in [0.2, 0.25) is 0 Å². The maximum atomic E-state index is 12.9. The zero-order chi connectivity index (χ0) is 11.4. The second kappa shape index (κ2) is 4.90. The van der Waals surface area contributed by atoms with Crippen LogP contribution in [-0.4, -0.2) is 6.26 Å². The average molecular weight is 248 g/mol. The van der Waals surface area contributed by atoms with E-state index in [9.17, 15) is 4.57 Å². The van der Waals surface area contributed by atoms with Crippen LogP contribution in [0.4, 0.5) is 0 Å². The van der Waals surface area contributed by atoms with Gasteiger partial charge in [-0.1, -0.05) is 72.0 Å². The van der Waals surface area contributed by atoms with Crippen molar-refractivity contribution >= 4 is 28.3 Å². The quantitative estimate of drug-likeness (QED) is 0.775. The third-order valence-corrected chi connectivity index (χ3v) is 7.73. The lowest BCUT2D eigenvalue weighted by Crippen LogP contribution is -2.12. The molecule has 0 aromatic heterocycles. The third kappa shape index (κ3) is 2.09. The van der Waals surface area contributed by atoms with Crippen LogP contribution in [0, 0.1) is 0 Å². The molecule has 0 aliphatic heterocycles. The van der Waals surface area contributed by atoms with Gasteiger partial charge in [0.2, 0.25) is 0 Å². The summed E-state index contributed by atoms with van der Waals surface area (Å²) < 4.78 is 12.9. The normalized spacial score (nSPS) is 11.3. The van der Waals surface area contributed by atoms with Crippen molar-refractivity contribution < 1.29 is 4.57 Å². The lowest BCUT2D eigenvalue weighted by Gasteiger charge is -2.16. The summed E-state index contributed by atoms with van der Waals surface area (Å²) in [5.74, 6) is 0. The van der Waals surface area contributed by atoms with Crippen LogP contribution >= 0.6 is 17.7 Å². The second-order valence-electron chi connectivity index (χ2n) is 3.41. The van der Waals surface area contributed by atoms with Gasteiger partial charge in [-0.25, -0.2) is 0 Å². The zero-order valence-electron chi connectivity index (χ0n) is 9.04. The number of hydrogen-bond donors (Lipinski definition) is 0. The Balaban J connectivity index is 2.54. The summed E-state index contributed by atoms with van der Waals surface area (Å²) >= 11 is 1.43. The maximum Gasteiger partial charge on any atom is 0.194 e. The number of rotatable bonds is 3. The highest BCUT2D eigenvalue weighted by Gasteiger charge is 2.25. The molecule has 0 saturated heterocycles. The SMILES string of the molecule is CSP(=O)(c1ccccc1)c1ccccc1. The summed E-state index contributed by atoms with van der Waals surface area (Å²) in [6.07, 6.45) is -0.585. The molecule has 0 aliphatic carbocycles. The summed E-state index contributed by atoms with van der Waals surface area (Å²) in [5.41, 5.74) is 0. The molecular weight excluding hydrogens is 235 g/mol. The molecule has 0 atom stereocenters. The molecule has 82 valence electrons. The minimum Gasteiger partial charge on any atom is -0.302 e. The van der Waals surface area contributed by atoms with E-state index in [1.54, 1.807) is 0 Å². The zero-order valence-corrected chi connectivity index (χ0v) is 10.7. The molecule has 0 fully saturated rings. The van der Waals surface area contributed by atoms with Crippen molar-refractivity contribution in [3.63, 3.8) is 0 Å². The minimum absolute atomic E-state index is 0.911. The van der Waals surface area contributed by atoms with Gasteiger partial charge in [0.05, 0.1) is 0 Å². The lowest BCUT2D eigenvalue weighted by atomic mass is 10.4. The van der Waals surface area contributed by atoms with Crippen molar-refractivity contribution in [2.45, 2.75) is 0 Å². The van der Waals surface area contributed by atoms with Crippen molar-refractivity contribution in [1.29, 1.82) is 0 Å².